The van der Waals surface area contributed by atoms with Gasteiger partial charge in [-0.25, -0.2) is 4.98 Å². The highest BCUT2D eigenvalue weighted by molar-refractivity contribution is 6.30. The molecule has 2 N–H and O–H groups in total. The maximum atomic E-state index is 12.4. The molecule has 8 heteroatoms. The van der Waals surface area contributed by atoms with Gasteiger partial charge in [-0.2, -0.15) is 0 Å². The van der Waals surface area contributed by atoms with E-state index in [1.807, 2.05) is 30.5 Å². The first kappa shape index (κ1) is 21.4. The van der Waals surface area contributed by atoms with Crippen molar-refractivity contribution in [3.8, 4) is 28.4 Å². The van der Waals surface area contributed by atoms with E-state index in [1.54, 1.807) is 43.1 Å². The molecule has 0 atom stereocenters. The normalized spacial score (nSPS) is 10.5. The molecule has 0 spiro atoms. The molecule has 3 rings (SSSR count). The van der Waals surface area contributed by atoms with Crippen molar-refractivity contribution in [3.63, 3.8) is 0 Å². The van der Waals surface area contributed by atoms with E-state index in [4.69, 9.17) is 21.1 Å². The van der Waals surface area contributed by atoms with Crippen LogP contribution in [-0.2, 0) is 4.79 Å². The van der Waals surface area contributed by atoms with Crippen LogP contribution in [0.5, 0.6) is 11.5 Å². The first-order chi connectivity index (χ1) is 14.5. The second-order valence-corrected chi connectivity index (χ2v) is 6.77. The monoisotopic (exact) mass is 426 g/mol. The average molecular weight is 427 g/mol. The van der Waals surface area contributed by atoms with Gasteiger partial charge in [-0.3, -0.25) is 14.7 Å². The van der Waals surface area contributed by atoms with Gasteiger partial charge in [-0.05, 0) is 24.3 Å². The molecule has 156 valence electrons. The minimum absolute atomic E-state index is 0.140. The highest BCUT2D eigenvalue weighted by atomic mass is 35.5. The van der Waals surface area contributed by atoms with Gasteiger partial charge in [-0.1, -0.05) is 29.8 Å². The van der Waals surface area contributed by atoms with Crippen LogP contribution in [0.25, 0.3) is 16.9 Å². The van der Waals surface area contributed by atoms with Crippen LogP contribution in [0, 0.1) is 0 Å². The number of nitrogens with zero attached hydrogens (tertiary/aromatic N) is 2. The summed E-state index contributed by atoms with van der Waals surface area (Å²) < 4.78 is 12.5. The number of halogens is 1. The Labute approximate surface area is 180 Å². The molecular weight excluding hydrogens is 404 g/mol. The number of hydrogen-bond donors (Lipinski definition) is 2. The van der Waals surface area contributed by atoms with E-state index in [2.05, 4.69) is 22.2 Å². The number of nitrogens with one attached hydrogen (secondary N) is 2. The van der Waals surface area contributed by atoms with Crippen LogP contribution in [0.2, 0.25) is 5.02 Å². The largest absolute Gasteiger partial charge is 0.493 e. The lowest BCUT2D eigenvalue weighted by Crippen LogP contribution is -2.29. The zero-order valence-electron chi connectivity index (χ0n) is 16.8. The van der Waals surface area contributed by atoms with Gasteiger partial charge in [0.25, 0.3) is 0 Å². The Balaban J connectivity index is 2.00. The first-order valence-corrected chi connectivity index (χ1v) is 9.62. The van der Waals surface area contributed by atoms with Gasteiger partial charge in [0.15, 0.2) is 11.5 Å². The number of ether oxygens (including phenoxy) is 2. The lowest BCUT2D eigenvalue weighted by Gasteiger charge is -2.12. The quantitative estimate of drug-likeness (QED) is 0.400. The SMILES string of the molecule is C=CCNCC(=O)Nc1nc(-c2ccc(Cl)cc2)cn1-c1ccc(OC)c(OC)c1. The van der Waals surface area contributed by atoms with E-state index < -0.39 is 0 Å². The maximum absolute atomic E-state index is 12.4. The molecule has 1 amide bonds. The van der Waals surface area contributed by atoms with Gasteiger partial charge >= 0.3 is 0 Å². The Morgan fingerprint density at radius 1 is 1.17 bits per heavy atom. The lowest BCUT2D eigenvalue weighted by atomic mass is 10.2. The Kier molecular flexibility index (Phi) is 7.11. The number of carbonyl (C=O) groups excluding carboxylic acids is 1. The smallest absolute Gasteiger partial charge is 0.240 e. The number of rotatable bonds is 9. The Morgan fingerprint density at radius 3 is 2.57 bits per heavy atom. The van der Waals surface area contributed by atoms with E-state index in [0.717, 1.165) is 11.3 Å². The fourth-order valence-electron chi connectivity index (χ4n) is 2.86. The molecule has 0 saturated heterocycles. The third kappa shape index (κ3) is 5.00. The standard InChI is InChI=1S/C22H23ClN4O3/c1-4-11-24-13-21(28)26-22-25-18(15-5-7-16(23)8-6-15)14-27(22)17-9-10-19(29-2)20(12-17)30-3/h4-10,12,14,24H,1,11,13H2,2-3H3,(H,25,26,28). The van der Waals surface area contributed by atoms with Gasteiger partial charge in [0.1, 0.15) is 0 Å². The van der Waals surface area contributed by atoms with Crippen LogP contribution in [0.1, 0.15) is 0 Å². The lowest BCUT2D eigenvalue weighted by molar-refractivity contribution is -0.115. The predicted molar refractivity (Wildman–Crippen MR) is 119 cm³/mol. The van der Waals surface area contributed by atoms with Crippen molar-refractivity contribution in [2.24, 2.45) is 0 Å². The molecule has 30 heavy (non-hydrogen) atoms. The Morgan fingerprint density at radius 2 is 1.90 bits per heavy atom. The maximum Gasteiger partial charge on any atom is 0.240 e. The van der Waals surface area contributed by atoms with Crippen LogP contribution < -0.4 is 20.1 Å². The Hall–Kier alpha value is -3.29. The fourth-order valence-corrected chi connectivity index (χ4v) is 2.98. The van der Waals surface area contributed by atoms with E-state index in [-0.39, 0.29) is 12.5 Å². The molecule has 0 aliphatic heterocycles. The number of amides is 1. The van der Waals surface area contributed by atoms with Crippen LogP contribution in [0.15, 0.2) is 61.3 Å². The summed E-state index contributed by atoms with van der Waals surface area (Å²) in [6.45, 7) is 4.30. The van der Waals surface area contributed by atoms with E-state index in [9.17, 15) is 4.79 Å². The summed E-state index contributed by atoms with van der Waals surface area (Å²) in [4.78, 5) is 17.0. The topological polar surface area (TPSA) is 77.4 Å². The summed E-state index contributed by atoms with van der Waals surface area (Å²) in [6.07, 6.45) is 3.54. The van der Waals surface area contributed by atoms with Crippen molar-refractivity contribution in [1.29, 1.82) is 0 Å². The molecule has 0 saturated carbocycles. The summed E-state index contributed by atoms with van der Waals surface area (Å²) in [5, 5.41) is 6.47. The highest BCUT2D eigenvalue weighted by Gasteiger charge is 2.15. The summed E-state index contributed by atoms with van der Waals surface area (Å²) in [5.41, 5.74) is 2.32. The zero-order valence-corrected chi connectivity index (χ0v) is 17.6. The third-order valence-electron chi connectivity index (χ3n) is 4.32. The van der Waals surface area contributed by atoms with Crippen molar-refractivity contribution < 1.29 is 14.3 Å². The van der Waals surface area contributed by atoms with Crippen LogP contribution in [0.4, 0.5) is 5.95 Å². The Bertz CT molecular complexity index is 1030. The molecule has 1 aromatic heterocycles. The predicted octanol–water partition coefficient (Wildman–Crippen LogP) is 3.92. The molecule has 0 radical (unpaired) electrons. The van der Waals surface area contributed by atoms with Gasteiger partial charge in [0, 0.05) is 29.4 Å². The molecule has 7 nitrogen and oxygen atoms in total. The number of imidazole rings is 1. The summed E-state index contributed by atoms with van der Waals surface area (Å²) in [7, 11) is 3.15. The van der Waals surface area contributed by atoms with Gasteiger partial charge in [0.05, 0.1) is 32.1 Å². The van der Waals surface area contributed by atoms with Crippen molar-refractivity contribution in [1.82, 2.24) is 14.9 Å². The molecule has 0 bridgehead atoms. The summed E-state index contributed by atoms with van der Waals surface area (Å²) in [5.74, 6) is 1.35. The van der Waals surface area contributed by atoms with E-state index in [0.29, 0.717) is 34.7 Å². The van der Waals surface area contributed by atoms with Gasteiger partial charge < -0.3 is 14.8 Å². The number of methoxy groups -OCH3 is 2. The minimum Gasteiger partial charge on any atom is -0.493 e. The zero-order chi connectivity index (χ0) is 21.5. The molecule has 2 aromatic carbocycles. The molecule has 0 fully saturated rings. The fraction of sp³-hybridized carbons (Fsp3) is 0.182. The number of benzene rings is 2. The van der Waals surface area contributed by atoms with E-state index in [1.165, 1.54) is 0 Å². The second-order valence-electron chi connectivity index (χ2n) is 6.33. The summed E-state index contributed by atoms with van der Waals surface area (Å²) in [6, 6.07) is 12.8. The molecule has 3 aromatic rings. The van der Waals surface area contributed by atoms with Gasteiger partial charge in [-0.15, -0.1) is 6.58 Å². The third-order valence-corrected chi connectivity index (χ3v) is 4.57. The molecular formula is C22H23ClN4O3. The molecule has 0 aliphatic carbocycles. The van der Waals surface area contributed by atoms with Crippen molar-refractivity contribution >= 4 is 23.5 Å². The molecule has 0 unspecified atom stereocenters. The van der Waals surface area contributed by atoms with Crippen LogP contribution >= 0.6 is 11.6 Å². The molecule has 0 aliphatic rings. The van der Waals surface area contributed by atoms with Crippen molar-refractivity contribution in [2.75, 3.05) is 32.6 Å². The number of anilines is 1. The summed E-state index contributed by atoms with van der Waals surface area (Å²) >= 11 is 6.00. The number of aromatic nitrogens is 2. The van der Waals surface area contributed by atoms with Gasteiger partial charge in [0.2, 0.25) is 11.9 Å². The van der Waals surface area contributed by atoms with Crippen LogP contribution in [-0.4, -0.2) is 42.8 Å². The first-order valence-electron chi connectivity index (χ1n) is 9.25. The van der Waals surface area contributed by atoms with Crippen LogP contribution in [0.3, 0.4) is 0 Å². The average Bonchev–Trinajstić information content (AvgIpc) is 3.17. The van der Waals surface area contributed by atoms with E-state index >= 15 is 0 Å². The number of carbonyl (C=O) groups is 1. The number of hydrogen-bond acceptors (Lipinski definition) is 5. The van der Waals surface area contributed by atoms with Crippen molar-refractivity contribution in [2.45, 2.75) is 0 Å². The second kappa shape index (κ2) is 9.96. The highest BCUT2D eigenvalue weighted by Crippen LogP contribution is 2.32. The minimum atomic E-state index is -0.216. The van der Waals surface area contributed by atoms with Crippen molar-refractivity contribution in [3.05, 3.63) is 66.3 Å². The molecule has 1 heterocycles.